The highest BCUT2D eigenvalue weighted by molar-refractivity contribution is 7.98. The van der Waals surface area contributed by atoms with Crippen LogP contribution in [0.3, 0.4) is 0 Å². The third-order valence-corrected chi connectivity index (χ3v) is 3.75. The molecule has 0 atom stereocenters. The van der Waals surface area contributed by atoms with Crippen LogP contribution in [0.5, 0.6) is 0 Å². The van der Waals surface area contributed by atoms with Crippen LogP contribution in [0.15, 0.2) is 47.4 Å². The van der Waals surface area contributed by atoms with Gasteiger partial charge in [-0.2, -0.15) is 0 Å². The van der Waals surface area contributed by atoms with Crippen LogP contribution in [-0.4, -0.2) is 12.2 Å². The van der Waals surface area contributed by atoms with Gasteiger partial charge in [-0.05, 0) is 36.6 Å². The Hall–Kier alpha value is -2.01. The van der Waals surface area contributed by atoms with E-state index in [1.54, 1.807) is 24.8 Å². The van der Waals surface area contributed by atoms with E-state index in [-0.39, 0.29) is 11.7 Å². The van der Waals surface area contributed by atoms with Crippen molar-refractivity contribution in [3.05, 3.63) is 48.3 Å². The summed E-state index contributed by atoms with van der Waals surface area (Å²) in [4.78, 5) is 12.6. The van der Waals surface area contributed by atoms with Crippen molar-refractivity contribution in [1.29, 1.82) is 0 Å². The molecular weight excluding hydrogens is 287 g/mol. The zero-order valence-electron chi connectivity index (χ0n) is 11.9. The Bertz CT molecular complexity index is 646. The lowest BCUT2D eigenvalue weighted by molar-refractivity contribution is -0.115. The molecule has 0 saturated carbocycles. The van der Waals surface area contributed by atoms with Gasteiger partial charge in [0.2, 0.25) is 5.91 Å². The van der Waals surface area contributed by atoms with Crippen molar-refractivity contribution >= 4 is 34.7 Å². The highest BCUT2D eigenvalue weighted by atomic mass is 32.2. The summed E-state index contributed by atoms with van der Waals surface area (Å²) in [5, 5.41) is 5.96. The number of carbonyl (C=O) groups is 1. The molecule has 0 aliphatic heterocycles. The van der Waals surface area contributed by atoms with Gasteiger partial charge >= 0.3 is 0 Å². The molecule has 2 aromatic carbocycles. The van der Waals surface area contributed by atoms with Crippen LogP contribution in [0.4, 0.5) is 21.5 Å². The Labute approximate surface area is 127 Å². The smallest absolute Gasteiger partial charge is 0.224 e. The molecule has 1 amide bonds. The zero-order valence-corrected chi connectivity index (χ0v) is 12.8. The average molecular weight is 304 g/mol. The van der Waals surface area contributed by atoms with Crippen molar-refractivity contribution in [2.24, 2.45) is 0 Å². The van der Waals surface area contributed by atoms with E-state index in [0.29, 0.717) is 17.8 Å². The standard InChI is InChI=1S/C16H17FN2OS/c1-3-16(20)19-12-9-8-11(17)10-14(12)18-13-6-4-5-7-15(13)21-2/h4-10,18H,3H2,1-2H3,(H,19,20). The Balaban J connectivity index is 2.33. The van der Waals surface area contributed by atoms with E-state index in [0.717, 1.165) is 10.6 Å². The summed E-state index contributed by atoms with van der Waals surface area (Å²) in [6.45, 7) is 1.77. The third kappa shape index (κ3) is 3.98. The number of hydrogen-bond donors (Lipinski definition) is 2. The van der Waals surface area contributed by atoms with Crippen molar-refractivity contribution < 1.29 is 9.18 Å². The molecule has 0 unspecified atom stereocenters. The average Bonchev–Trinajstić information content (AvgIpc) is 2.50. The first-order valence-corrected chi connectivity index (χ1v) is 7.86. The van der Waals surface area contributed by atoms with Gasteiger partial charge in [-0.25, -0.2) is 4.39 Å². The summed E-state index contributed by atoms with van der Waals surface area (Å²) in [6, 6.07) is 12.0. The number of halogens is 1. The number of amides is 1. The first-order chi connectivity index (χ1) is 10.1. The number of para-hydroxylation sites is 1. The van der Waals surface area contributed by atoms with Gasteiger partial charge in [0.15, 0.2) is 0 Å². The topological polar surface area (TPSA) is 41.1 Å². The minimum atomic E-state index is -0.353. The van der Waals surface area contributed by atoms with Crippen LogP contribution < -0.4 is 10.6 Å². The monoisotopic (exact) mass is 304 g/mol. The van der Waals surface area contributed by atoms with Gasteiger partial charge in [0.05, 0.1) is 17.1 Å². The first-order valence-electron chi connectivity index (χ1n) is 6.63. The van der Waals surface area contributed by atoms with E-state index in [4.69, 9.17) is 0 Å². The largest absolute Gasteiger partial charge is 0.353 e. The summed E-state index contributed by atoms with van der Waals surface area (Å²) < 4.78 is 13.5. The van der Waals surface area contributed by atoms with Crippen LogP contribution >= 0.6 is 11.8 Å². The Morgan fingerprint density at radius 3 is 2.62 bits per heavy atom. The molecular formula is C16H17FN2OS. The van der Waals surface area contributed by atoms with Crippen molar-refractivity contribution in [1.82, 2.24) is 0 Å². The summed E-state index contributed by atoms with van der Waals surface area (Å²) in [5.74, 6) is -0.462. The second kappa shape index (κ2) is 7.13. The fourth-order valence-corrected chi connectivity index (χ4v) is 2.41. The van der Waals surface area contributed by atoms with Crippen molar-refractivity contribution in [3.8, 4) is 0 Å². The Morgan fingerprint density at radius 1 is 1.14 bits per heavy atom. The van der Waals surface area contributed by atoms with E-state index in [9.17, 15) is 9.18 Å². The van der Waals surface area contributed by atoms with Crippen molar-refractivity contribution in [2.75, 3.05) is 16.9 Å². The van der Waals surface area contributed by atoms with Gasteiger partial charge in [0.25, 0.3) is 0 Å². The molecule has 2 aromatic rings. The maximum atomic E-state index is 13.5. The fraction of sp³-hybridized carbons (Fsp3) is 0.188. The lowest BCUT2D eigenvalue weighted by atomic mass is 10.2. The second-order valence-electron chi connectivity index (χ2n) is 4.42. The molecule has 0 aliphatic rings. The molecule has 5 heteroatoms. The van der Waals surface area contributed by atoms with Crippen molar-refractivity contribution in [3.63, 3.8) is 0 Å². The van der Waals surface area contributed by atoms with Gasteiger partial charge in [-0.15, -0.1) is 11.8 Å². The molecule has 110 valence electrons. The number of hydrogen-bond acceptors (Lipinski definition) is 3. The van der Waals surface area contributed by atoms with E-state index in [1.807, 2.05) is 30.5 Å². The fourth-order valence-electron chi connectivity index (χ4n) is 1.86. The second-order valence-corrected chi connectivity index (χ2v) is 5.26. The lowest BCUT2D eigenvalue weighted by Crippen LogP contribution is -2.11. The van der Waals surface area contributed by atoms with E-state index < -0.39 is 0 Å². The van der Waals surface area contributed by atoms with E-state index in [1.165, 1.54) is 12.1 Å². The predicted octanol–water partition coefficient (Wildman–Crippen LogP) is 4.64. The van der Waals surface area contributed by atoms with Crippen LogP contribution in [-0.2, 0) is 4.79 Å². The number of carbonyl (C=O) groups excluding carboxylic acids is 1. The zero-order chi connectivity index (χ0) is 15.2. The number of anilines is 3. The maximum absolute atomic E-state index is 13.5. The number of rotatable bonds is 5. The van der Waals surface area contributed by atoms with Crippen LogP contribution in [0.25, 0.3) is 0 Å². The normalized spacial score (nSPS) is 10.2. The third-order valence-electron chi connectivity index (χ3n) is 2.95. The predicted molar refractivity (Wildman–Crippen MR) is 86.8 cm³/mol. The lowest BCUT2D eigenvalue weighted by Gasteiger charge is -2.15. The molecule has 0 aliphatic carbocycles. The molecule has 0 bridgehead atoms. The molecule has 0 saturated heterocycles. The molecule has 3 nitrogen and oxygen atoms in total. The molecule has 0 spiro atoms. The Morgan fingerprint density at radius 2 is 1.90 bits per heavy atom. The minimum Gasteiger partial charge on any atom is -0.353 e. The van der Waals surface area contributed by atoms with Gasteiger partial charge in [0, 0.05) is 11.3 Å². The summed E-state index contributed by atoms with van der Waals surface area (Å²) in [7, 11) is 0. The molecule has 2 N–H and O–H groups in total. The first kappa shape index (κ1) is 15.4. The van der Waals surface area contributed by atoms with Crippen LogP contribution in [0.2, 0.25) is 0 Å². The number of thioether (sulfide) groups is 1. The highest BCUT2D eigenvalue weighted by Crippen LogP contribution is 2.31. The minimum absolute atomic E-state index is 0.109. The summed E-state index contributed by atoms with van der Waals surface area (Å²) in [5.41, 5.74) is 1.99. The van der Waals surface area contributed by atoms with E-state index in [2.05, 4.69) is 10.6 Å². The van der Waals surface area contributed by atoms with Crippen LogP contribution in [0.1, 0.15) is 13.3 Å². The number of nitrogens with one attached hydrogen (secondary N) is 2. The quantitative estimate of drug-likeness (QED) is 0.791. The molecule has 21 heavy (non-hydrogen) atoms. The summed E-state index contributed by atoms with van der Waals surface area (Å²) in [6.07, 6.45) is 2.35. The SMILES string of the molecule is CCC(=O)Nc1ccc(F)cc1Nc1ccccc1SC. The Kier molecular flexibility index (Phi) is 5.22. The van der Waals surface area contributed by atoms with Gasteiger partial charge in [0.1, 0.15) is 5.82 Å². The van der Waals surface area contributed by atoms with Gasteiger partial charge in [-0.3, -0.25) is 4.79 Å². The highest BCUT2D eigenvalue weighted by Gasteiger charge is 2.09. The maximum Gasteiger partial charge on any atom is 0.224 e. The summed E-state index contributed by atoms with van der Waals surface area (Å²) >= 11 is 1.60. The molecule has 2 rings (SSSR count). The van der Waals surface area contributed by atoms with Crippen LogP contribution in [0, 0.1) is 5.82 Å². The number of benzene rings is 2. The molecule has 0 radical (unpaired) electrons. The molecule has 0 fully saturated rings. The van der Waals surface area contributed by atoms with Gasteiger partial charge < -0.3 is 10.6 Å². The molecule has 0 heterocycles. The van der Waals surface area contributed by atoms with E-state index >= 15 is 0 Å². The van der Waals surface area contributed by atoms with Gasteiger partial charge in [-0.1, -0.05) is 19.1 Å². The van der Waals surface area contributed by atoms with Crippen molar-refractivity contribution in [2.45, 2.75) is 18.2 Å². The molecule has 0 aromatic heterocycles.